The predicted octanol–water partition coefficient (Wildman–Crippen LogP) is 8.20. The lowest BCUT2D eigenvalue weighted by Crippen LogP contribution is -2.43. The Balaban J connectivity index is 1.29. The zero-order chi connectivity index (χ0) is 50.5. The second kappa shape index (κ2) is 21.1. The van der Waals surface area contributed by atoms with Crippen LogP contribution in [0, 0.1) is 0 Å². The van der Waals surface area contributed by atoms with Gasteiger partial charge in [0.15, 0.2) is 0 Å². The van der Waals surface area contributed by atoms with Gasteiger partial charge in [-0.25, -0.2) is 9.97 Å². The number of hydrogen-bond acceptors (Lipinski definition) is 10. The van der Waals surface area contributed by atoms with Crippen LogP contribution in [0.15, 0.2) is 121 Å². The van der Waals surface area contributed by atoms with Crippen LogP contribution in [-0.2, 0) is 19.2 Å². The number of rotatable bonds is 2. The van der Waals surface area contributed by atoms with E-state index in [0.717, 1.165) is 22.3 Å². The van der Waals surface area contributed by atoms with Crippen molar-refractivity contribution in [2.75, 3.05) is 80.2 Å². The van der Waals surface area contributed by atoms with E-state index in [1.54, 1.807) is 0 Å². The van der Waals surface area contributed by atoms with Crippen molar-refractivity contribution in [2.45, 2.75) is 6.92 Å². The maximum absolute atomic E-state index is 13.9. The highest BCUT2D eigenvalue weighted by Gasteiger charge is 2.24. The number of hydrogen-bond donors (Lipinski definition) is 9. The minimum absolute atomic E-state index is 0.0525. The molecule has 7 heterocycles. The van der Waals surface area contributed by atoms with Gasteiger partial charge < -0.3 is 47.2 Å². The Kier molecular flexibility index (Phi) is 13.6. The first-order valence-electron chi connectivity index (χ1n) is 24.8. The Morgan fingerprint density at radius 2 is 0.770 bits per heavy atom. The summed E-state index contributed by atoms with van der Waals surface area (Å²) in [6.07, 6.45) is 7.88. The van der Waals surface area contributed by atoms with Gasteiger partial charge in [-0.3, -0.25) is 24.1 Å². The molecule has 0 spiro atoms. The number of nitrogens with one attached hydrogen (secondary N) is 9. The topological polar surface area (TPSA) is 213 Å². The first-order valence-corrected chi connectivity index (χ1v) is 24.8. The number of aromatic amines is 2. The highest BCUT2D eigenvalue weighted by Crippen LogP contribution is 2.43. The smallest absolute Gasteiger partial charge is 0.238 e. The van der Waals surface area contributed by atoms with Crippen LogP contribution in [0.4, 0.5) is 22.7 Å². The lowest BCUT2D eigenvalue weighted by atomic mass is 10.0. The van der Waals surface area contributed by atoms with E-state index in [4.69, 9.17) is 9.97 Å². The molecule has 4 amide bonds. The summed E-state index contributed by atoms with van der Waals surface area (Å²) in [6.45, 7) is 5.02. The first-order chi connectivity index (χ1) is 36.2. The highest BCUT2D eigenvalue weighted by atomic mass is 16.2. The fourth-order valence-corrected chi connectivity index (χ4v) is 10.0. The summed E-state index contributed by atoms with van der Waals surface area (Å²) in [5, 5.41) is 22.7. The van der Waals surface area contributed by atoms with Crippen molar-refractivity contribution < 1.29 is 19.2 Å². The van der Waals surface area contributed by atoms with E-state index in [0.29, 0.717) is 129 Å². The third kappa shape index (κ3) is 10.0. The van der Waals surface area contributed by atoms with Crippen molar-refractivity contribution in [3.63, 3.8) is 0 Å². The number of fused-ring (bicyclic) bond motifs is 16. The normalized spacial score (nSPS) is 16.3. The summed E-state index contributed by atoms with van der Waals surface area (Å²) in [5.74, 6) is -0.876. The van der Waals surface area contributed by atoms with E-state index >= 15 is 0 Å². The number of aromatic nitrogens is 4. The van der Waals surface area contributed by atoms with Crippen molar-refractivity contribution in [1.29, 1.82) is 0 Å². The van der Waals surface area contributed by atoms with Crippen molar-refractivity contribution in [3.05, 3.63) is 144 Å². The fourth-order valence-electron chi connectivity index (χ4n) is 10.0. The SMILES string of the molecule is CC(=O)Nc1ccccc1-c1c2nc(c3c4ccc([nH]4)c4c5nc(c(c6ccc1[nH]6)-c1ccccc1NC(=O)CNCCN(CCNCC(=O)Nc1ccccc1-3)CCNCC(=O)Nc1ccccc1-4)C=C5)C=C2. The Bertz CT molecular complexity index is 3550. The van der Waals surface area contributed by atoms with Gasteiger partial charge in [0, 0.05) is 136 Å². The number of nitrogens with zero attached hydrogens (tertiary/aromatic N) is 3. The monoisotopic (exact) mass is 982 g/mol. The summed E-state index contributed by atoms with van der Waals surface area (Å²) < 4.78 is 0. The summed E-state index contributed by atoms with van der Waals surface area (Å²) in [6, 6.07) is 38.7. The third-order valence-electron chi connectivity index (χ3n) is 13.3. The molecule has 1 unspecified atom stereocenters. The van der Waals surface area contributed by atoms with Crippen LogP contribution < -0.4 is 37.2 Å². The van der Waals surface area contributed by atoms with Gasteiger partial charge in [-0.15, -0.1) is 0 Å². The van der Waals surface area contributed by atoms with Gasteiger partial charge >= 0.3 is 0 Å². The standard InChI is InChI=1S/C58H54N12O4/c1-35(71)62-40-14-6-2-10-36(40)55-44-18-20-46(63-44)56-37-11-3-7-15-41(37)67-52(72)32-59-26-29-70-30-27-60-33-53(73)68-42-16-8-4-12-38(42)57(47-21-19-45(55)64-47)49-23-25-51(66-49)58(50-24-22-48(56)65-50)39-13-5-9-17-43(39)69-54(74)34-61-28-31-70/h2-25,59-61,63,66H,26-34H2,1H3,(H,62,71)(H,67,72)(H,68,73)(H,69,74). The molecule has 16 heteroatoms. The molecule has 0 saturated heterocycles. The number of carbonyl (C=O) groups excluding carboxylic acids is 4. The molecular weight excluding hydrogens is 929 g/mol. The van der Waals surface area contributed by atoms with Gasteiger partial charge in [0.1, 0.15) is 0 Å². The maximum Gasteiger partial charge on any atom is 0.238 e. The molecule has 11 rings (SSSR count). The number of benzene rings is 4. The molecule has 0 saturated carbocycles. The molecule has 0 fully saturated rings. The van der Waals surface area contributed by atoms with Crippen LogP contribution in [0.1, 0.15) is 29.7 Å². The molecule has 0 radical (unpaired) electrons. The number of H-pyrrole nitrogens is 2. The minimum atomic E-state index is -0.226. The molecule has 7 aromatic rings. The number of anilines is 4. The largest absolute Gasteiger partial charge is 0.354 e. The molecule has 3 aromatic heterocycles. The van der Waals surface area contributed by atoms with Crippen molar-refractivity contribution in [2.24, 2.45) is 0 Å². The summed E-state index contributed by atoms with van der Waals surface area (Å²) in [4.78, 5) is 75.2. The van der Waals surface area contributed by atoms with Gasteiger partial charge in [-0.05, 0) is 72.8 Å². The van der Waals surface area contributed by atoms with Crippen LogP contribution in [0.25, 0.3) is 90.9 Å². The van der Waals surface area contributed by atoms with Crippen LogP contribution in [0.5, 0.6) is 0 Å². The van der Waals surface area contributed by atoms with E-state index in [1.807, 2.05) is 146 Å². The average Bonchev–Trinajstić information content (AvgIpc) is 4.26. The molecular formula is C58H54N12O4. The average molecular weight is 983 g/mol. The summed E-state index contributed by atoms with van der Waals surface area (Å²) >= 11 is 0. The van der Waals surface area contributed by atoms with Gasteiger partial charge in [0.2, 0.25) is 23.6 Å². The molecule has 74 heavy (non-hydrogen) atoms. The minimum Gasteiger partial charge on any atom is -0.354 e. The van der Waals surface area contributed by atoms with Crippen LogP contribution in [-0.4, -0.2) is 107 Å². The molecule has 4 aromatic carbocycles. The molecule has 4 aliphatic rings. The summed E-state index contributed by atoms with van der Waals surface area (Å²) in [7, 11) is 0. The molecule has 1 atom stereocenters. The zero-order valence-corrected chi connectivity index (χ0v) is 40.7. The van der Waals surface area contributed by atoms with Crippen LogP contribution in [0.3, 0.4) is 0 Å². The van der Waals surface area contributed by atoms with Gasteiger partial charge in [0.05, 0.1) is 42.4 Å². The van der Waals surface area contributed by atoms with Crippen LogP contribution >= 0.6 is 0 Å². The number of amides is 4. The molecule has 370 valence electrons. The zero-order valence-electron chi connectivity index (χ0n) is 40.7. The Labute approximate surface area is 426 Å². The van der Waals surface area contributed by atoms with Crippen molar-refractivity contribution in [3.8, 4) is 44.5 Å². The number of para-hydroxylation sites is 4. The van der Waals surface area contributed by atoms with E-state index in [-0.39, 0.29) is 43.3 Å². The molecule has 9 N–H and O–H groups in total. The lowest BCUT2D eigenvalue weighted by Gasteiger charge is -2.23. The van der Waals surface area contributed by atoms with E-state index in [2.05, 4.69) is 52.1 Å². The number of carbonyl (C=O) groups is 4. The van der Waals surface area contributed by atoms with Gasteiger partial charge in [-0.2, -0.15) is 0 Å². The Hall–Kier alpha value is -8.80. The Morgan fingerprint density at radius 1 is 0.446 bits per heavy atom. The van der Waals surface area contributed by atoms with E-state index in [9.17, 15) is 19.2 Å². The fraction of sp³-hybridized carbons (Fsp3) is 0.172. The van der Waals surface area contributed by atoms with Crippen LogP contribution in [0.2, 0.25) is 0 Å². The second-order valence-electron chi connectivity index (χ2n) is 18.4. The Morgan fingerprint density at radius 3 is 1.14 bits per heavy atom. The maximum atomic E-state index is 13.9. The van der Waals surface area contributed by atoms with Crippen molar-refractivity contribution in [1.82, 2.24) is 40.8 Å². The van der Waals surface area contributed by atoms with E-state index < -0.39 is 0 Å². The van der Waals surface area contributed by atoms with Crippen molar-refractivity contribution >= 4 is 92.7 Å². The predicted molar refractivity (Wildman–Crippen MR) is 296 cm³/mol. The van der Waals surface area contributed by atoms with Gasteiger partial charge in [0.25, 0.3) is 0 Å². The highest BCUT2D eigenvalue weighted by molar-refractivity contribution is 6.07. The van der Waals surface area contributed by atoms with E-state index in [1.165, 1.54) is 6.92 Å². The second-order valence-corrected chi connectivity index (χ2v) is 18.4. The molecule has 0 aliphatic carbocycles. The quantitative estimate of drug-likeness (QED) is 0.0758. The lowest BCUT2D eigenvalue weighted by molar-refractivity contribution is -0.116. The molecule has 4 aliphatic heterocycles. The first kappa shape index (κ1) is 47.5. The third-order valence-corrected chi connectivity index (χ3v) is 13.3. The molecule has 16 nitrogen and oxygen atoms in total. The molecule has 12 bridgehead atoms. The summed E-state index contributed by atoms with van der Waals surface area (Å²) in [5.41, 5.74) is 13.4. The van der Waals surface area contributed by atoms with Gasteiger partial charge in [-0.1, -0.05) is 72.8 Å².